The van der Waals surface area contributed by atoms with Crippen molar-refractivity contribution >= 4 is 30.3 Å². The van der Waals surface area contributed by atoms with Gasteiger partial charge in [-0.1, -0.05) is 25.0 Å². The number of methoxy groups -OCH3 is 1. The van der Waals surface area contributed by atoms with Crippen LogP contribution in [-0.4, -0.2) is 45.3 Å². The quantitative estimate of drug-likeness (QED) is 0.330. The number of hydrazine groups is 1. The third kappa shape index (κ3) is 9.60. The number of para-hydroxylation sites is 2. The predicted molar refractivity (Wildman–Crippen MR) is 116 cm³/mol. The number of nitrogens with zero attached hydrogens (tertiary/aromatic N) is 1. The second-order valence-corrected chi connectivity index (χ2v) is 8.02. The second kappa shape index (κ2) is 14.6. The molecular weight excluding hydrogens is 487 g/mol. The van der Waals surface area contributed by atoms with Crippen LogP contribution < -0.4 is 19.7 Å². The molecule has 0 amide bonds. The molecule has 1 aliphatic carbocycles. The smallest absolute Gasteiger partial charge is 0.387 e. The Bertz CT molecular complexity index is 513. The molecule has 1 aromatic carbocycles. The summed E-state index contributed by atoms with van der Waals surface area (Å²) in [5, 5.41) is 0. The number of rotatable bonds is 5. The number of fused-ring (bicyclic) bond motifs is 1. The summed E-state index contributed by atoms with van der Waals surface area (Å²) in [6.07, 6.45) is 7.43. The first kappa shape index (κ1) is 24.7. The minimum absolute atomic E-state index is 0.0509. The molecule has 2 unspecified atom stereocenters. The van der Waals surface area contributed by atoms with Crippen LogP contribution in [0.1, 0.15) is 32.1 Å². The van der Waals surface area contributed by atoms with E-state index in [-0.39, 0.29) is 5.75 Å². The van der Waals surface area contributed by atoms with Crippen LogP contribution in [0, 0.1) is 5.92 Å². The van der Waals surface area contributed by atoms with Gasteiger partial charge in [0.15, 0.2) is 11.5 Å². The van der Waals surface area contributed by atoms with Gasteiger partial charge in [0.1, 0.15) is 0 Å². The maximum absolute atomic E-state index is 11.8. The van der Waals surface area contributed by atoms with Crippen molar-refractivity contribution in [3.05, 3.63) is 24.3 Å². The Morgan fingerprint density at radius 2 is 1.85 bits per heavy atom. The van der Waals surface area contributed by atoms with Crippen LogP contribution in [0.15, 0.2) is 24.3 Å². The first-order chi connectivity index (χ1) is 13.0. The summed E-state index contributed by atoms with van der Waals surface area (Å²) < 4.78 is 32.5. The van der Waals surface area contributed by atoms with Crippen molar-refractivity contribution in [2.45, 2.75) is 44.8 Å². The standard InChI is InChI=1S/C9H17N.C8H8F2O2.CH5IN2S/c1-10-7-6-8-4-2-3-5-9(8)10;1-11-6-4-2-3-5-7(6)12-8(9)10;1-3-4-5-2/h8-9H,2-7H2,1H3;2-5,8H,1H3;3-4H,1H3. The number of nitrogens with one attached hydrogen (secondary N) is 2. The molecule has 156 valence electrons. The second-order valence-electron chi connectivity index (χ2n) is 6.34. The Hall–Kier alpha value is -0.360. The molecule has 2 aliphatic rings. The van der Waals surface area contributed by atoms with E-state index in [1.165, 1.54) is 60.9 Å². The zero-order valence-electron chi connectivity index (χ0n) is 16.1. The fourth-order valence-corrected chi connectivity index (χ4v) is 4.23. The summed E-state index contributed by atoms with van der Waals surface area (Å²) in [7, 11) is 7.02. The molecule has 1 heterocycles. The number of hydrogen-bond acceptors (Lipinski definition) is 6. The van der Waals surface area contributed by atoms with Crippen molar-refractivity contribution in [1.82, 2.24) is 15.2 Å². The Kier molecular flexibility index (Phi) is 13.4. The van der Waals surface area contributed by atoms with E-state index in [4.69, 9.17) is 4.74 Å². The average molecular weight is 517 g/mol. The summed E-state index contributed by atoms with van der Waals surface area (Å²) in [6, 6.07) is 7.22. The molecular formula is C18H30F2IN3O2S. The highest BCUT2D eigenvalue weighted by Crippen LogP contribution is 2.34. The normalized spacial score (nSPS) is 21.4. The molecule has 5 nitrogen and oxygen atoms in total. The van der Waals surface area contributed by atoms with Crippen LogP contribution in [0.4, 0.5) is 8.78 Å². The fraction of sp³-hybridized carbons (Fsp3) is 0.667. The molecule has 2 N–H and O–H groups in total. The lowest BCUT2D eigenvalue weighted by molar-refractivity contribution is -0.0512. The zero-order valence-corrected chi connectivity index (χ0v) is 19.1. The van der Waals surface area contributed by atoms with E-state index in [0.29, 0.717) is 5.75 Å². The van der Waals surface area contributed by atoms with Gasteiger partial charge in [0.05, 0.1) is 7.11 Å². The third-order valence-electron chi connectivity index (χ3n) is 4.71. The van der Waals surface area contributed by atoms with Gasteiger partial charge in [-0.25, -0.2) is 0 Å². The van der Waals surface area contributed by atoms with E-state index >= 15 is 0 Å². The SMILES string of the molecule is CN1CCC2CCCCC21.CNNSI.COc1ccccc1OC(F)F. The molecule has 0 aromatic heterocycles. The highest BCUT2D eigenvalue weighted by molar-refractivity contribution is 14.2. The minimum Gasteiger partial charge on any atom is -0.493 e. The monoisotopic (exact) mass is 517 g/mol. The summed E-state index contributed by atoms with van der Waals surface area (Å²) in [5.41, 5.74) is 2.72. The van der Waals surface area contributed by atoms with Crippen LogP contribution in [0.2, 0.25) is 0 Å². The van der Waals surface area contributed by atoms with Gasteiger partial charge in [-0.05, 0) is 58.0 Å². The first-order valence-electron chi connectivity index (χ1n) is 9.00. The van der Waals surface area contributed by atoms with Gasteiger partial charge in [-0.2, -0.15) is 13.6 Å². The number of halogens is 3. The first-order valence-corrected chi connectivity index (χ1v) is 12.4. The van der Waals surface area contributed by atoms with Gasteiger partial charge in [-0.15, -0.1) is 0 Å². The van der Waals surface area contributed by atoms with Gasteiger partial charge < -0.3 is 14.4 Å². The van der Waals surface area contributed by atoms with Crippen molar-refractivity contribution in [3.63, 3.8) is 0 Å². The average Bonchev–Trinajstić information content (AvgIpc) is 3.05. The van der Waals surface area contributed by atoms with Crippen LogP contribution in [0.5, 0.6) is 11.5 Å². The Morgan fingerprint density at radius 1 is 1.19 bits per heavy atom. The topological polar surface area (TPSA) is 45.8 Å². The van der Waals surface area contributed by atoms with Gasteiger partial charge in [0.2, 0.25) is 0 Å². The number of ether oxygens (including phenoxy) is 2. The lowest BCUT2D eigenvalue weighted by Crippen LogP contribution is -2.31. The lowest BCUT2D eigenvalue weighted by atomic mass is 9.85. The summed E-state index contributed by atoms with van der Waals surface area (Å²) in [4.78, 5) is 5.32. The summed E-state index contributed by atoms with van der Waals surface area (Å²) in [5.74, 6) is 1.42. The van der Waals surface area contributed by atoms with Gasteiger partial charge in [0.25, 0.3) is 0 Å². The van der Waals surface area contributed by atoms with Gasteiger partial charge in [0, 0.05) is 36.4 Å². The van der Waals surface area contributed by atoms with Gasteiger partial charge in [-0.3, -0.25) is 5.43 Å². The molecule has 9 heteroatoms. The third-order valence-corrected chi connectivity index (χ3v) is 5.66. The number of likely N-dealkylation sites (tertiary alicyclic amines) is 1. The molecule has 1 aromatic rings. The van der Waals surface area contributed by atoms with E-state index in [1.54, 1.807) is 18.2 Å². The summed E-state index contributed by atoms with van der Waals surface area (Å²) in [6.45, 7) is -1.46. The Morgan fingerprint density at radius 3 is 2.37 bits per heavy atom. The minimum atomic E-state index is -2.82. The molecule has 1 saturated heterocycles. The van der Waals surface area contributed by atoms with E-state index in [2.05, 4.69) is 48.1 Å². The van der Waals surface area contributed by atoms with Crippen molar-refractivity contribution < 1.29 is 18.3 Å². The number of alkyl halides is 2. The number of benzene rings is 1. The lowest BCUT2D eigenvalue weighted by Gasteiger charge is -2.28. The largest absolute Gasteiger partial charge is 0.493 e. The Balaban J connectivity index is 0.000000220. The highest BCUT2D eigenvalue weighted by Gasteiger charge is 2.32. The molecule has 27 heavy (non-hydrogen) atoms. The van der Waals surface area contributed by atoms with Crippen LogP contribution in [-0.2, 0) is 0 Å². The predicted octanol–water partition coefficient (Wildman–Crippen LogP) is 4.89. The Labute approximate surface area is 177 Å². The highest BCUT2D eigenvalue weighted by atomic mass is 127. The molecule has 0 bridgehead atoms. The molecule has 3 rings (SSSR count). The van der Waals surface area contributed by atoms with E-state index < -0.39 is 6.61 Å². The van der Waals surface area contributed by atoms with Crippen LogP contribution >= 0.6 is 30.3 Å². The molecule has 2 atom stereocenters. The molecule has 0 radical (unpaired) electrons. The van der Waals surface area contributed by atoms with Crippen molar-refractivity contribution in [2.24, 2.45) is 5.92 Å². The van der Waals surface area contributed by atoms with Crippen molar-refractivity contribution in [2.75, 3.05) is 27.7 Å². The van der Waals surface area contributed by atoms with E-state index in [0.717, 1.165) is 12.0 Å². The summed E-state index contributed by atoms with van der Waals surface area (Å²) >= 11 is 2.13. The number of hydrogen-bond donors (Lipinski definition) is 2. The molecule has 0 spiro atoms. The van der Waals surface area contributed by atoms with E-state index in [1.807, 2.05) is 7.05 Å². The van der Waals surface area contributed by atoms with Crippen LogP contribution in [0.3, 0.4) is 0 Å². The maximum Gasteiger partial charge on any atom is 0.387 e. The van der Waals surface area contributed by atoms with Gasteiger partial charge >= 0.3 is 6.61 Å². The zero-order chi connectivity index (χ0) is 20.1. The fourth-order valence-electron chi connectivity index (χ4n) is 3.49. The maximum atomic E-state index is 11.8. The molecule has 1 saturated carbocycles. The molecule has 2 fully saturated rings. The van der Waals surface area contributed by atoms with Crippen LogP contribution in [0.25, 0.3) is 0 Å². The van der Waals surface area contributed by atoms with Crippen molar-refractivity contribution in [3.8, 4) is 11.5 Å². The van der Waals surface area contributed by atoms with E-state index in [9.17, 15) is 8.78 Å². The van der Waals surface area contributed by atoms with Crippen molar-refractivity contribution in [1.29, 1.82) is 0 Å². The molecule has 1 aliphatic heterocycles.